The van der Waals surface area contributed by atoms with Crippen LogP contribution in [-0.4, -0.2) is 27.1 Å². The van der Waals surface area contributed by atoms with Crippen LogP contribution in [-0.2, 0) is 0 Å². The summed E-state index contributed by atoms with van der Waals surface area (Å²) >= 11 is 0. The Balaban J connectivity index is 1.72. The van der Waals surface area contributed by atoms with Crippen molar-refractivity contribution in [2.45, 2.75) is 0 Å². The van der Waals surface area contributed by atoms with Crippen molar-refractivity contribution in [1.82, 2.24) is 20.4 Å². The number of imidazole rings is 1. The Labute approximate surface area is 143 Å². The zero-order valence-corrected chi connectivity index (χ0v) is 13.2. The van der Waals surface area contributed by atoms with Gasteiger partial charge < -0.3 is 9.97 Å². The Hall–Kier alpha value is -3.67. The number of nitrogens with one attached hydrogen (secondary N) is 3. The zero-order valence-electron chi connectivity index (χ0n) is 13.2. The number of aromatic nitrogens is 3. The van der Waals surface area contributed by atoms with Gasteiger partial charge in [0, 0.05) is 16.5 Å². The molecule has 0 aliphatic heterocycles. The van der Waals surface area contributed by atoms with Gasteiger partial charge >= 0.3 is 0 Å². The highest BCUT2D eigenvalue weighted by Gasteiger charge is 2.18. The summed E-state index contributed by atoms with van der Waals surface area (Å²) in [5.74, 6) is -0.300. The lowest BCUT2D eigenvalue weighted by Gasteiger charge is -2.04. The van der Waals surface area contributed by atoms with Gasteiger partial charge in [-0.15, -0.1) is 0 Å². The second-order valence-corrected chi connectivity index (χ2v) is 5.49. The van der Waals surface area contributed by atoms with Crippen molar-refractivity contribution in [2.24, 2.45) is 5.10 Å². The van der Waals surface area contributed by atoms with E-state index in [4.69, 9.17) is 0 Å². The Morgan fingerprint density at radius 3 is 2.68 bits per heavy atom. The van der Waals surface area contributed by atoms with Gasteiger partial charge in [-0.3, -0.25) is 4.79 Å². The van der Waals surface area contributed by atoms with Crippen molar-refractivity contribution < 1.29 is 4.79 Å². The molecular weight excluding hydrogens is 314 g/mol. The van der Waals surface area contributed by atoms with E-state index in [1.807, 2.05) is 54.6 Å². The number of rotatable bonds is 4. The molecule has 4 aromatic rings. The van der Waals surface area contributed by atoms with Crippen molar-refractivity contribution in [2.75, 3.05) is 0 Å². The third-order valence-electron chi connectivity index (χ3n) is 3.88. The molecule has 6 nitrogen and oxygen atoms in total. The Kier molecular flexibility index (Phi) is 3.84. The Morgan fingerprint density at radius 1 is 1.08 bits per heavy atom. The van der Waals surface area contributed by atoms with Crippen LogP contribution in [0.15, 0.2) is 72.2 Å². The number of carbonyl (C=O) groups is 1. The first-order chi connectivity index (χ1) is 12.3. The molecule has 0 saturated carbocycles. The molecule has 25 heavy (non-hydrogen) atoms. The van der Waals surface area contributed by atoms with Crippen LogP contribution in [0, 0.1) is 0 Å². The second-order valence-electron chi connectivity index (χ2n) is 5.49. The molecule has 3 N–H and O–H groups in total. The summed E-state index contributed by atoms with van der Waals surface area (Å²) < 4.78 is 0. The number of H-pyrrole nitrogens is 2. The summed E-state index contributed by atoms with van der Waals surface area (Å²) in [7, 11) is 0. The van der Waals surface area contributed by atoms with Crippen molar-refractivity contribution in [3.05, 3.63) is 78.5 Å². The lowest BCUT2D eigenvalue weighted by Crippen LogP contribution is -2.18. The molecular formula is C19H15N5O. The van der Waals surface area contributed by atoms with Crippen LogP contribution in [0.25, 0.3) is 22.0 Å². The molecule has 0 aliphatic carbocycles. The average molecular weight is 329 g/mol. The number of aromatic amines is 2. The molecule has 0 unspecified atom stereocenters. The zero-order chi connectivity index (χ0) is 17.1. The maximum atomic E-state index is 12.7. The molecule has 6 heteroatoms. The van der Waals surface area contributed by atoms with Crippen LogP contribution in [0.5, 0.6) is 0 Å². The number of hydrazone groups is 1. The second kappa shape index (κ2) is 6.45. The van der Waals surface area contributed by atoms with E-state index in [0.717, 1.165) is 22.0 Å². The highest BCUT2D eigenvalue weighted by molar-refractivity contribution is 6.09. The highest BCUT2D eigenvalue weighted by atomic mass is 16.2. The first-order valence-corrected chi connectivity index (χ1v) is 7.81. The topological polar surface area (TPSA) is 85.9 Å². The van der Waals surface area contributed by atoms with Crippen molar-refractivity contribution >= 4 is 23.0 Å². The molecule has 2 aromatic carbocycles. The van der Waals surface area contributed by atoms with Gasteiger partial charge in [-0.1, -0.05) is 48.5 Å². The minimum absolute atomic E-state index is 0.300. The molecule has 0 radical (unpaired) electrons. The lowest BCUT2D eigenvalue weighted by molar-refractivity contribution is 0.0951. The van der Waals surface area contributed by atoms with Gasteiger partial charge in [-0.05, 0) is 11.6 Å². The molecule has 0 bridgehead atoms. The van der Waals surface area contributed by atoms with E-state index >= 15 is 0 Å². The normalized spacial score (nSPS) is 11.2. The van der Waals surface area contributed by atoms with E-state index in [-0.39, 0.29) is 5.91 Å². The number of hydrogen-bond donors (Lipinski definition) is 3. The van der Waals surface area contributed by atoms with E-state index in [1.54, 1.807) is 12.5 Å². The Bertz CT molecular complexity index is 1030. The average Bonchev–Trinajstić information content (AvgIpc) is 3.30. The minimum Gasteiger partial charge on any atom is -0.350 e. The number of carbonyl (C=O) groups excluding carboxylic acids is 1. The lowest BCUT2D eigenvalue weighted by atomic mass is 10.0. The number of nitrogens with zero attached hydrogens (tertiary/aromatic N) is 2. The number of benzene rings is 2. The molecule has 0 saturated heterocycles. The highest BCUT2D eigenvalue weighted by Crippen LogP contribution is 2.32. The summed E-state index contributed by atoms with van der Waals surface area (Å²) in [6.07, 6.45) is 4.68. The first kappa shape index (κ1) is 14.9. The third-order valence-corrected chi connectivity index (χ3v) is 3.88. The fourth-order valence-electron chi connectivity index (χ4n) is 2.77. The van der Waals surface area contributed by atoms with Crippen molar-refractivity contribution in [1.29, 1.82) is 0 Å². The molecule has 2 aromatic heterocycles. The van der Waals surface area contributed by atoms with E-state index in [9.17, 15) is 4.79 Å². The predicted octanol–water partition coefficient (Wildman–Crippen LogP) is 3.32. The van der Waals surface area contributed by atoms with E-state index in [2.05, 4.69) is 25.5 Å². The third kappa shape index (κ3) is 2.92. The van der Waals surface area contributed by atoms with Crippen molar-refractivity contribution in [3.63, 3.8) is 0 Å². The van der Waals surface area contributed by atoms with E-state index < -0.39 is 0 Å². The van der Waals surface area contributed by atoms with Gasteiger partial charge in [-0.25, -0.2) is 10.4 Å². The number of amides is 1. The smallest absolute Gasteiger partial charge is 0.288 e. The Morgan fingerprint density at radius 2 is 1.88 bits per heavy atom. The predicted molar refractivity (Wildman–Crippen MR) is 97.4 cm³/mol. The molecule has 0 spiro atoms. The molecule has 0 aliphatic rings. The fourth-order valence-corrected chi connectivity index (χ4v) is 2.77. The van der Waals surface area contributed by atoms with Gasteiger partial charge in [0.25, 0.3) is 5.91 Å². The maximum absolute atomic E-state index is 12.7. The van der Waals surface area contributed by atoms with Crippen LogP contribution >= 0.6 is 0 Å². The van der Waals surface area contributed by atoms with Crippen LogP contribution < -0.4 is 5.43 Å². The number of para-hydroxylation sites is 1. The van der Waals surface area contributed by atoms with Crippen molar-refractivity contribution in [3.8, 4) is 11.1 Å². The largest absolute Gasteiger partial charge is 0.350 e. The maximum Gasteiger partial charge on any atom is 0.288 e. The standard InChI is InChI=1S/C19H15N5O/c25-19(24-22-11-14-10-20-12-21-14)18-17(13-6-2-1-3-7-13)15-8-4-5-9-16(15)23-18/h1-12,23H,(H,20,21)(H,24,25). The molecule has 1 amide bonds. The quantitative estimate of drug-likeness (QED) is 0.396. The van der Waals surface area contributed by atoms with Crippen LogP contribution in [0.2, 0.25) is 0 Å². The first-order valence-electron chi connectivity index (χ1n) is 7.81. The molecule has 2 heterocycles. The van der Waals surface area contributed by atoms with Crippen LogP contribution in [0.1, 0.15) is 16.2 Å². The summed E-state index contributed by atoms with van der Waals surface area (Å²) in [5, 5.41) is 4.98. The van der Waals surface area contributed by atoms with Crippen LogP contribution in [0.4, 0.5) is 0 Å². The number of fused-ring (bicyclic) bond motifs is 1. The SMILES string of the molecule is O=C(NN=Cc1cnc[nH]1)c1[nH]c2ccccc2c1-c1ccccc1. The summed E-state index contributed by atoms with van der Waals surface area (Å²) in [5.41, 5.74) is 6.50. The summed E-state index contributed by atoms with van der Waals surface area (Å²) in [6.45, 7) is 0. The minimum atomic E-state index is -0.300. The van der Waals surface area contributed by atoms with Gasteiger partial charge in [0.2, 0.25) is 0 Å². The summed E-state index contributed by atoms with van der Waals surface area (Å²) in [4.78, 5) is 22.6. The molecule has 4 rings (SSSR count). The molecule has 122 valence electrons. The van der Waals surface area contributed by atoms with E-state index in [0.29, 0.717) is 11.4 Å². The summed E-state index contributed by atoms with van der Waals surface area (Å²) in [6, 6.07) is 17.7. The number of hydrogen-bond acceptors (Lipinski definition) is 3. The monoisotopic (exact) mass is 329 g/mol. The molecule has 0 atom stereocenters. The fraction of sp³-hybridized carbons (Fsp3) is 0. The van der Waals surface area contributed by atoms with Gasteiger partial charge in [0.1, 0.15) is 5.69 Å². The molecule has 0 fully saturated rings. The van der Waals surface area contributed by atoms with E-state index in [1.165, 1.54) is 6.21 Å². The van der Waals surface area contributed by atoms with Crippen LogP contribution in [0.3, 0.4) is 0 Å². The van der Waals surface area contributed by atoms with Gasteiger partial charge in [0.05, 0.1) is 24.4 Å². The van der Waals surface area contributed by atoms with Gasteiger partial charge in [-0.2, -0.15) is 5.10 Å². The van der Waals surface area contributed by atoms with Gasteiger partial charge in [0.15, 0.2) is 0 Å².